The molecule has 0 unspecified atom stereocenters. The van der Waals surface area contributed by atoms with Crippen LogP contribution in [0.3, 0.4) is 0 Å². The highest BCUT2D eigenvalue weighted by molar-refractivity contribution is 5.87. The Morgan fingerprint density at radius 1 is 1.18 bits per heavy atom. The number of rotatable bonds is 4. The summed E-state index contributed by atoms with van der Waals surface area (Å²) in [5.41, 5.74) is 1.67. The van der Waals surface area contributed by atoms with Crippen LogP contribution in [0.4, 0.5) is 0 Å². The lowest BCUT2D eigenvalue weighted by atomic mass is 10.1. The molecule has 0 saturated heterocycles. The largest absolute Gasteiger partial charge is 0.356 e. The van der Waals surface area contributed by atoms with Gasteiger partial charge in [-0.25, -0.2) is 0 Å². The number of aromatic nitrogens is 1. The highest BCUT2D eigenvalue weighted by atomic mass is 16.5. The van der Waals surface area contributed by atoms with Gasteiger partial charge in [-0.05, 0) is 29.8 Å². The maximum Gasteiger partial charge on any atom is 0.243 e. The van der Waals surface area contributed by atoms with E-state index in [2.05, 4.69) is 34.7 Å². The van der Waals surface area contributed by atoms with E-state index in [1.165, 1.54) is 11.5 Å². The van der Waals surface area contributed by atoms with Crippen molar-refractivity contribution in [3.63, 3.8) is 0 Å². The quantitative estimate of drug-likeness (QED) is 0.746. The molecule has 22 heavy (non-hydrogen) atoms. The van der Waals surface area contributed by atoms with Gasteiger partial charge >= 0.3 is 0 Å². The number of carbonyl (C=O) groups is 1. The van der Waals surface area contributed by atoms with E-state index >= 15 is 0 Å². The van der Waals surface area contributed by atoms with E-state index in [1.807, 2.05) is 24.3 Å². The van der Waals surface area contributed by atoms with Gasteiger partial charge in [0.1, 0.15) is 5.69 Å². The van der Waals surface area contributed by atoms with Crippen molar-refractivity contribution in [2.24, 2.45) is 0 Å². The van der Waals surface area contributed by atoms with Gasteiger partial charge < -0.3 is 9.84 Å². The number of fused-ring (bicyclic) bond motifs is 1. The first-order valence-electron chi connectivity index (χ1n) is 7.11. The zero-order chi connectivity index (χ0) is 15.4. The lowest BCUT2D eigenvalue weighted by Gasteiger charge is -1.99. The molecule has 2 aromatic carbocycles. The molecule has 0 aliphatic heterocycles. The van der Waals surface area contributed by atoms with Crippen molar-refractivity contribution in [3.8, 4) is 11.3 Å². The summed E-state index contributed by atoms with van der Waals surface area (Å²) in [6.07, 6.45) is 3.17. The van der Waals surface area contributed by atoms with Crippen molar-refractivity contribution in [1.29, 1.82) is 0 Å². The molecule has 1 amide bonds. The Balaban J connectivity index is 1.78. The number of carbonyl (C=O) groups excluding carboxylic acids is 1. The van der Waals surface area contributed by atoms with Crippen molar-refractivity contribution in [1.82, 2.24) is 10.5 Å². The predicted molar refractivity (Wildman–Crippen MR) is 86.1 cm³/mol. The second-order valence-corrected chi connectivity index (χ2v) is 4.96. The lowest BCUT2D eigenvalue weighted by Crippen LogP contribution is -2.20. The van der Waals surface area contributed by atoms with Crippen LogP contribution in [0.2, 0.25) is 0 Å². The average Bonchev–Trinajstić information content (AvgIpc) is 3.02. The summed E-state index contributed by atoms with van der Waals surface area (Å²) in [6.45, 7) is 2.15. The van der Waals surface area contributed by atoms with Crippen LogP contribution in [0.5, 0.6) is 0 Å². The summed E-state index contributed by atoms with van der Waals surface area (Å²) in [5, 5.41) is 9.07. The Morgan fingerprint density at radius 3 is 2.82 bits per heavy atom. The minimum Gasteiger partial charge on any atom is -0.356 e. The van der Waals surface area contributed by atoms with E-state index in [4.69, 9.17) is 4.52 Å². The Labute approximate surface area is 128 Å². The van der Waals surface area contributed by atoms with Crippen LogP contribution in [0.15, 0.2) is 65.2 Å². The number of allylic oxidation sites excluding steroid dienone is 1. The number of nitrogens with zero attached hydrogens (tertiary/aromatic N) is 1. The van der Waals surface area contributed by atoms with Crippen molar-refractivity contribution < 1.29 is 9.32 Å². The minimum absolute atomic E-state index is 0.141. The van der Waals surface area contributed by atoms with Crippen molar-refractivity contribution in [3.05, 3.63) is 66.4 Å². The molecular formula is C18H16N2O2. The van der Waals surface area contributed by atoms with Crippen LogP contribution in [-0.2, 0) is 11.3 Å². The SMILES string of the molecule is C/C=C\C(=O)NCc1cc(-c2ccc3ccccc3c2)on1. The normalized spacial score (nSPS) is 11.1. The molecule has 0 fully saturated rings. The van der Waals surface area contributed by atoms with Crippen LogP contribution >= 0.6 is 0 Å². The highest BCUT2D eigenvalue weighted by Gasteiger charge is 2.08. The van der Waals surface area contributed by atoms with Crippen molar-refractivity contribution in [2.45, 2.75) is 13.5 Å². The van der Waals surface area contributed by atoms with Crippen LogP contribution in [0.25, 0.3) is 22.1 Å². The van der Waals surface area contributed by atoms with Gasteiger partial charge in [-0.3, -0.25) is 4.79 Å². The van der Waals surface area contributed by atoms with E-state index in [-0.39, 0.29) is 5.91 Å². The molecule has 3 aromatic rings. The summed E-state index contributed by atoms with van der Waals surface area (Å²) >= 11 is 0. The van der Waals surface area contributed by atoms with Crippen LogP contribution in [0.1, 0.15) is 12.6 Å². The van der Waals surface area contributed by atoms with Gasteiger partial charge in [-0.1, -0.05) is 47.6 Å². The third kappa shape index (κ3) is 3.06. The standard InChI is InChI=1S/C18H16N2O2/c1-2-5-18(21)19-12-16-11-17(22-20-16)15-9-8-13-6-3-4-7-14(13)10-15/h2-11H,12H2,1H3,(H,19,21)/b5-2-. The maximum atomic E-state index is 11.4. The maximum absolute atomic E-state index is 11.4. The van der Waals surface area contributed by atoms with Gasteiger partial charge in [0.05, 0.1) is 6.54 Å². The number of benzene rings is 2. The molecule has 1 N–H and O–H groups in total. The third-order valence-corrected chi connectivity index (χ3v) is 3.35. The van der Waals surface area contributed by atoms with Gasteiger partial charge in [-0.2, -0.15) is 0 Å². The van der Waals surface area contributed by atoms with Crippen LogP contribution in [-0.4, -0.2) is 11.1 Å². The summed E-state index contributed by atoms with van der Waals surface area (Å²) in [4.78, 5) is 11.4. The topological polar surface area (TPSA) is 55.1 Å². The summed E-state index contributed by atoms with van der Waals surface area (Å²) in [5.74, 6) is 0.554. The summed E-state index contributed by atoms with van der Waals surface area (Å²) in [6, 6.07) is 16.1. The Morgan fingerprint density at radius 2 is 2.00 bits per heavy atom. The fraction of sp³-hybridized carbons (Fsp3) is 0.111. The third-order valence-electron chi connectivity index (χ3n) is 3.35. The molecule has 0 spiro atoms. The van der Waals surface area contributed by atoms with Gasteiger partial charge in [0.15, 0.2) is 5.76 Å². The molecule has 4 heteroatoms. The smallest absolute Gasteiger partial charge is 0.243 e. The van der Waals surface area contributed by atoms with E-state index in [1.54, 1.807) is 13.0 Å². The molecule has 3 rings (SSSR count). The summed E-state index contributed by atoms with van der Waals surface area (Å²) < 4.78 is 5.37. The molecule has 1 aromatic heterocycles. The Bertz CT molecular complexity index is 834. The van der Waals surface area contributed by atoms with Gasteiger partial charge in [-0.15, -0.1) is 0 Å². The fourth-order valence-corrected chi connectivity index (χ4v) is 2.26. The molecule has 0 radical (unpaired) electrons. The number of amides is 1. The van der Waals surface area contributed by atoms with E-state index < -0.39 is 0 Å². The Hall–Kier alpha value is -2.88. The number of hydrogen-bond acceptors (Lipinski definition) is 3. The second-order valence-electron chi connectivity index (χ2n) is 4.96. The molecule has 0 aliphatic rings. The highest BCUT2D eigenvalue weighted by Crippen LogP contribution is 2.25. The summed E-state index contributed by atoms with van der Waals surface area (Å²) in [7, 11) is 0. The average molecular weight is 292 g/mol. The zero-order valence-electron chi connectivity index (χ0n) is 12.2. The van der Waals surface area contributed by atoms with E-state index in [0.29, 0.717) is 18.0 Å². The zero-order valence-corrected chi connectivity index (χ0v) is 12.2. The van der Waals surface area contributed by atoms with Crippen molar-refractivity contribution in [2.75, 3.05) is 0 Å². The Kier molecular flexibility index (Phi) is 4.01. The molecule has 0 saturated carbocycles. The molecule has 0 bridgehead atoms. The van der Waals surface area contributed by atoms with E-state index in [0.717, 1.165) is 10.9 Å². The number of hydrogen-bond donors (Lipinski definition) is 1. The predicted octanol–water partition coefficient (Wildman–Crippen LogP) is 3.69. The molecule has 4 nitrogen and oxygen atoms in total. The first kappa shape index (κ1) is 14.1. The molecule has 110 valence electrons. The molecule has 1 heterocycles. The molecule has 0 atom stereocenters. The van der Waals surface area contributed by atoms with Crippen LogP contribution < -0.4 is 5.32 Å². The lowest BCUT2D eigenvalue weighted by molar-refractivity contribution is -0.116. The molecular weight excluding hydrogens is 276 g/mol. The second kappa shape index (κ2) is 6.26. The van der Waals surface area contributed by atoms with Gasteiger partial charge in [0, 0.05) is 11.6 Å². The fourth-order valence-electron chi connectivity index (χ4n) is 2.26. The first-order valence-corrected chi connectivity index (χ1v) is 7.11. The molecule has 0 aliphatic carbocycles. The van der Waals surface area contributed by atoms with Gasteiger partial charge in [0.2, 0.25) is 5.91 Å². The van der Waals surface area contributed by atoms with Gasteiger partial charge in [0.25, 0.3) is 0 Å². The van der Waals surface area contributed by atoms with Crippen LogP contribution in [0, 0.1) is 0 Å². The first-order chi connectivity index (χ1) is 10.8. The van der Waals surface area contributed by atoms with Crippen molar-refractivity contribution >= 4 is 16.7 Å². The van der Waals surface area contributed by atoms with E-state index in [9.17, 15) is 4.79 Å². The monoisotopic (exact) mass is 292 g/mol. The number of nitrogens with one attached hydrogen (secondary N) is 1. The minimum atomic E-state index is -0.141.